The van der Waals surface area contributed by atoms with Crippen LogP contribution in [0.4, 0.5) is 10.1 Å². The molecule has 0 saturated carbocycles. The number of hydrogen-bond acceptors (Lipinski definition) is 4. The topological polar surface area (TPSA) is 89.3 Å². The lowest BCUT2D eigenvalue weighted by Crippen LogP contribution is -2.33. The Morgan fingerprint density at radius 1 is 1.33 bits per heavy atom. The fourth-order valence-corrected chi connectivity index (χ4v) is 3.46. The summed E-state index contributed by atoms with van der Waals surface area (Å²) in [6.45, 7) is 6.91. The van der Waals surface area contributed by atoms with Crippen LogP contribution in [0, 0.1) is 28.8 Å². The average molecular weight is 318 g/mol. The second-order valence-electron chi connectivity index (χ2n) is 5.48. The maximum absolute atomic E-state index is 13.6. The van der Waals surface area contributed by atoms with Crippen molar-refractivity contribution < 1.29 is 17.7 Å². The lowest BCUT2D eigenvalue weighted by molar-refractivity contribution is -0.387. The molecular formula is C13H19FN2O4S. The summed E-state index contributed by atoms with van der Waals surface area (Å²) in [6, 6.07) is 1.51. The highest BCUT2D eigenvalue weighted by Crippen LogP contribution is 2.25. The van der Waals surface area contributed by atoms with Crippen LogP contribution in [0.25, 0.3) is 0 Å². The normalized spacial score (nSPS) is 13.4. The Kier molecular flexibility index (Phi) is 5.41. The second kappa shape index (κ2) is 6.48. The van der Waals surface area contributed by atoms with Crippen LogP contribution in [0.1, 0.15) is 32.8 Å². The van der Waals surface area contributed by atoms with Crippen LogP contribution in [0.5, 0.6) is 0 Å². The number of nitro benzene ring substituents is 1. The minimum Gasteiger partial charge on any atom is -0.258 e. The molecule has 8 heteroatoms. The van der Waals surface area contributed by atoms with Crippen molar-refractivity contribution in [3.05, 3.63) is 33.6 Å². The third-order valence-electron chi connectivity index (χ3n) is 2.90. The zero-order valence-electron chi connectivity index (χ0n) is 12.4. The predicted octanol–water partition coefficient (Wildman–Crippen LogP) is 2.76. The summed E-state index contributed by atoms with van der Waals surface area (Å²) >= 11 is 0. The maximum atomic E-state index is 13.6. The molecular weight excluding hydrogens is 299 g/mol. The molecule has 0 heterocycles. The standard InChI is InChI=1S/C13H19FN2O4S/c1-8(2)5-10(4)15-21(19,20)11-6-9(3)13(14)12(7-11)16(17)18/h6-8,10,15H,5H2,1-4H3. The van der Waals surface area contributed by atoms with E-state index >= 15 is 0 Å². The quantitative estimate of drug-likeness (QED) is 0.645. The van der Waals surface area contributed by atoms with Crippen molar-refractivity contribution in [2.75, 3.05) is 0 Å². The molecule has 0 aliphatic heterocycles. The van der Waals surface area contributed by atoms with Gasteiger partial charge in [-0.2, -0.15) is 4.39 Å². The second-order valence-corrected chi connectivity index (χ2v) is 7.20. The van der Waals surface area contributed by atoms with Crippen molar-refractivity contribution in [1.29, 1.82) is 0 Å². The maximum Gasteiger partial charge on any atom is 0.306 e. The van der Waals surface area contributed by atoms with Gasteiger partial charge in [-0.15, -0.1) is 0 Å². The predicted molar refractivity (Wildman–Crippen MR) is 77.0 cm³/mol. The minimum atomic E-state index is -3.92. The Morgan fingerprint density at radius 3 is 2.38 bits per heavy atom. The number of rotatable bonds is 6. The van der Waals surface area contributed by atoms with Crippen molar-refractivity contribution in [3.63, 3.8) is 0 Å². The molecule has 0 spiro atoms. The van der Waals surface area contributed by atoms with E-state index < -0.39 is 26.5 Å². The number of halogens is 1. The fraction of sp³-hybridized carbons (Fsp3) is 0.538. The van der Waals surface area contributed by atoms with E-state index in [1.54, 1.807) is 6.92 Å². The van der Waals surface area contributed by atoms with Crippen LogP contribution < -0.4 is 4.72 Å². The van der Waals surface area contributed by atoms with Gasteiger partial charge in [-0.3, -0.25) is 10.1 Å². The molecule has 1 aromatic carbocycles. The first-order valence-corrected chi connectivity index (χ1v) is 7.99. The van der Waals surface area contributed by atoms with Gasteiger partial charge in [0.15, 0.2) is 0 Å². The summed E-state index contributed by atoms with van der Waals surface area (Å²) < 4.78 is 40.5. The number of aryl methyl sites for hydroxylation is 1. The molecule has 1 atom stereocenters. The number of nitrogens with zero attached hydrogens (tertiary/aromatic N) is 1. The Labute approximate surface area is 123 Å². The monoisotopic (exact) mass is 318 g/mol. The van der Waals surface area contributed by atoms with E-state index in [0.29, 0.717) is 12.3 Å². The summed E-state index contributed by atoms with van der Waals surface area (Å²) in [7, 11) is -3.92. The fourth-order valence-electron chi connectivity index (χ4n) is 2.09. The van der Waals surface area contributed by atoms with Gasteiger partial charge in [0.1, 0.15) is 0 Å². The summed E-state index contributed by atoms with van der Waals surface area (Å²) in [5.74, 6) is -0.721. The number of nitrogens with one attached hydrogen (secondary N) is 1. The van der Waals surface area contributed by atoms with E-state index in [-0.39, 0.29) is 16.5 Å². The summed E-state index contributed by atoms with van der Waals surface area (Å²) in [4.78, 5) is 9.54. The van der Waals surface area contributed by atoms with E-state index in [1.807, 2.05) is 13.8 Å². The first-order valence-electron chi connectivity index (χ1n) is 6.51. The van der Waals surface area contributed by atoms with Gasteiger partial charge >= 0.3 is 5.69 Å². The zero-order valence-corrected chi connectivity index (χ0v) is 13.2. The molecule has 1 N–H and O–H groups in total. The lowest BCUT2D eigenvalue weighted by Gasteiger charge is -2.16. The molecule has 1 aromatic rings. The van der Waals surface area contributed by atoms with Gasteiger partial charge in [-0.25, -0.2) is 13.1 Å². The SMILES string of the molecule is Cc1cc(S(=O)(=O)NC(C)CC(C)C)cc([N+](=O)[O-])c1F. The Bertz CT molecular complexity index is 644. The van der Waals surface area contributed by atoms with E-state index in [1.165, 1.54) is 6.92 Å². The number of nitro groups is 1. The Morgan fingerprint density at radius 2 is 1.90 bits per heavy atom. The highest BCUT2D eigenvalue weighted by Gasteiger charge is 2.25. The molecule has 6 nitrogen and oxygen atoms in total. The molecule has 1 unspecified atom stereocenters. The van der Waals surface area contributed by atoms with Gasteiger partial charge in [0.25, 0.3) is 0 Å². The van der Waals surface area contributed by atoms with E-state index in [9.17, 15) is 22.9 Å². The largest absolute Gasteiger partial charge is 0.306 e. The van der Waals surface area contributed by atoms with E-state index in [2.05, 4.69) is 4.72 Å². The molecule has 0 amide bonds. The van der Waals surface area contributed by atoms with Crippen LogP contribution in [0.3, 0.4) is 0 Å². The van der Waals surface area contributed by atoms with Crippen molar-refractivity contribution in [3.8, 4) is 0 Å². The van der Waals surface area contributed by atoms with Crippen LogP contribution in [0.2, 0.25) is 0 Å². The third-order valence-corrected chi connectivity index (χ3v) is 4.47. The molecule has 0 saturated heterocycles. The first kappa shape index (κ1) is 17.5. The van der Waals surface area contributed by atoms with Gasteiger partial charge in [0, 0.05) is 12.1 Å². The molecule has 118 valence electrons. The zero-order chi connectivity index (χ0) is 16.4. The van der Waals surface area contributed by atoms with Crippen LogP contribution in [-0.4, -0.2) is 19.4 Å². The van der Waals surface area contributed by atoms with Crippen LogP contribution >= 0.6 is 0 Å². The van der Waals surface area contributed by atoms with Crippen molar-refractivity contribution in [2.24, 2.45) is 5.92 Å². The van der Waals surface area contributed by atoms with Gasteiger partial charge in [0.2, 0.25) is 15.8 Å². The lowest BCUT2D eigenvalue weighted by atomic mass is 10.1. The van der Waals surface area contributed by atoms with Crippen LogP contribution in [0.15, 0.2) is 17.0 Å². The summed E-state index contributed by atoms with van der Waals surface area (Å²) in [5.41, 5.74) is -0.923. The molecule has 0 radical (unpaired) electrons. The van der Waals surface area contributed by atoms with Crippen LogP contribution in [-0.2, 0) is 10.0 Å². The van der Waals surface area contributed by atoms with E-state index in [0.717, 1.165) is 12.1 Å². The smallest absolute Gasteiger partial charge is 0.258 e. The van der Waals surface area contributed by atoms with Crippen molar-refractivity contribution in [1.82, 2.24) is 4.72 Å². The van der Waals surface area contributed by atoms with Gasteiger partial charge < -0.3 is 0 Å². The minimum absolute atomic E-state index is 0.0823. The van der Waals surface area contributed by atoms with Gasteiger partial charge in [-0.05, 0) is 37.8 Å². The molecule has 21 heavy (non-hydrogen) atoms. The first-order chi connectivity index (χ1) is 9.54. The Hall–Kier alpha value is -1.54. The summed E-state index contributed by atoms with van der Waals surface area (Å²) in [6.07, 6.45) is 0.626. The number of sulfonamides is 1. The van der Waals surface area contributed by atoms with E-state index in [4.69, 9.17) is 0 Å². The van der Waals surface area contributed by atoms with Crippen molar-refractivity contribution >= 4 is 15.7 Å². The highest BCUT2D eigenvalue weighted by molar-refractivity contribution is 7.89. The van der Waals surface area contributed by atoms with Crippen molar-refractivity contribution in [2.45, 2.75) is 45.1 Å². The molecule has 0 bridgehead atoms. The average Bonchev–Trinajstić information content (AvgIpc) is 2.29. The molecule has 1 rings (SSSR count). The summed E-state index contributed by atoms with van der Waals surface area (Å²) in [5, 5.41) is 10.8. The third kappa shape index (κ3) is 4.47. The van der Waals surface area contributed by atoms with Gasteiger partial charge in [0.05, 0.1) is 9.82 Å². The van der Waals surface area contributed by atoms with Gasteiger partial charge in [-0.1, -0.05) is 13.8 Å². The molecule has 0 fully saturated rings. The highest BCUT2D eigenvalue weighted by atomic mass is 32.2. The number of hydrogen-bond donors (Lipinski definition) is 1. The molecule has 0 aliphatic carbocycles. The molecule has 0 aromatic heterocycles. The number of benzene rings is 1. The molecule has 0 aliphatic rings. The Balaban J connectivity index is 3.17.